The summed E-state index contributed by atoms with van der Waals surface area (Å²) in [5, 5.41) is 2.59. The molecule has 1 aromatic carbocycles. The van der Waals surface area contributed by atoms with Crippen molar-refractivity contribution < 1.29 is 9.59 Å². The van der Waals surface area contributed by atoms with Crippen LogP contribution in [0.4, 0.5) is 5.69 Å². The predicted octanol–water partition coefficient (Wildman–Crippen LogP) is 3.77. The summed E-state index contributed by atoms with van der Waals surface area (Å²) in [7, 11) is 0. The van der Waals surface area contributed by atoms with Crippen LogP contribution < -0.4 is 5.32 Å². The van der Waals surface area contributed by atoms with Crippen LogP contribution in [-0.4, -0.2) is 34.0 Å². The van der Waals surface area contributed by atoms with Crippen molar-refractivity contribution in [2.75, 3.05) is 5.32 Å². The van der Waals surface area contributed by atoms with E-state index in [0.717, 1.165) is 10.6 Å². The molecule has 0 unspecified atom stereocenters. The van der Waals surface area contributed by atoms with Crippen LogP contribution in [0.15, 0.2) is 29.2 Å². The van der Waals surface area contributed by atoms with Gasteiger partial charge in [0.15, 0.2) is 0 Å². The number of hydrogen-bond acceptors (Lipinski definition) is 3. The molecular formula is C17H26N2O2S. The van der Waals surface area contributed by atoms with E-state index in [4.69, 9.17) is 0 Å². The fraction of sp³-hybridized carbons (Fsp3) is 0.529. The number of carbonyl (C=O) groups excluding carboxylic acids is 2. The van der Waals surface area contributed by atoms with Gasteiger partial charge in [0.2, 0.25) is 11.8 Å². The van der Waals surface area contributed by atoms with Crippen LogP contribution >= 0.6 is 11.8 Å². The highest BCUT2D eigenvalue weighted by Gasteiger charge is 2.25. The van der Waals surface area contributed by atoms with Crippen LogP contribution in [0.3, 0.4) is 0 Å². The molecule has 1 aromatic rings. The molecule has 0 saturated heterocycles. The Hall–Kier alpha value is -1.49. The Morgan fingerprint density at radius 2 is 1.50 bits per heavy atom. The Morgan fingerprint density at radius 1 is 1.00 bits per heavy atom. The van der Waals surface area contributed by atoms with Gasteiger partial charge >= 0.3 is 0 Å². The van der Waals surface area contributed by atoms with E-state index in [1.54, 1.807) is 0 Å². The highest BCUT2D eigenvalue weighted by molar-refractivity contribution is 8.00. The van der Waals surface area contributed by atoms with E-state index in [0.29, 0.717) is 0 Å². The number of hydrogen-bond donors (Lipinski definition) is 1. The summed E-state index contributed by atoms with van der Waals surface area (Å²) in [6.45, 7) is 11.6. The van der Waals surface area contributed by atoms with E-state index >= 15 is 0 Å². The average molecular weight is 322 g/mol. The first-order valence-corrected chi connectivity index (χ1v) is 8.46. The first-order chi connectivity index (χ1) is 10.2. The lowest BCUT2D eigenvalue weighted by Gasteiger charge is -2.33. The molecular weight excluding hydrogens is 296 g/mol. The normalized spacial score (nSPS) is 12.4. The molecule has 4 nitrogen and oxygen atoms in total. The van der Waals surface area contributed by atoms with E-state index in [9.17, 15) is 9.59 Å². The average Bonchev–Trinajstić information content (AvgIpc) is 2.39. The summed E-state index contributed by atoms with van der Waals surface area (Å²) < 4.78 is 0. The van der Waals surface area contributed by atoms with Gasteiger partial charge in [0, 0.05) is 29.6 Å². The maximum Gasteiger partial charge on any atom is 0.236 e. The van der Waals surface area contributed by atoms with Crippen LogP contribution in [0.2, 0.25) is 0 Å². The largest absolute Gasteiger partial charge is 0.337 e. The number of carbonyl (C=O) groups is 2. The Balaban J connectivity index is 2.73. The SMILES string of the molecule is CC(=O)Nc1ccc(S[C@@H](C)C(=O)N(C(C)C)C(C)C)cc1. The maximum atomic E-state index is 12.6. The summed E-state index contributed by atoms with van der Waals surface area (Å²) in [6, 6.07) is 7.94. The topological polar surface area (TPSA) is 49.4 Å². The molecule has 1 atom stereocenters. The molecule has 0 aliphatic rings. The Kier molecular flexibility index (Phi) is 6.94. The third kappa shape index (κ3) is 5.37. The van der Waals surface area contributed by atoms with E-state index in [-0.39, 0.29) is 29.1 Å². The summed E-state index contributed by atoms with van der Waals surface area (Å²) in [5.41, 5.74) is 0.766. The van der Waals surface area contributed by atoms with Gasteiger partial charge in [-0.2, -0.15) is 0 Å². The number of anilines is 1. The molecule has 122 valence electrons. The van der Waals surface area contributed by atoms with E-state index in [1.165, 1.54) is 18.7 Å². The van der Waals surface area contributed by atoms with E-state index in [2.05, 4.69) is 5.32 Å². The minimum absolute atomic E-state index is 0.0894. The van der Waals surface area contributed by atoms with E-state index < -0.39 is 0 Å². The van der Waals surface area contributed by atoms with Crippen LogP contribution in [0.1, 0.15) is 41.5 Å². The standard InChI is InChI=1S/C17H26N2O2S/c1-11(2)19(12(3)4)17(21)13(5)22-16-9-7-15(8-10-16)18-14(6)20/h7-13H,1-6H3,(H,18,20)/t13-/m0/s1. The lowest BCUT2D eigenvalue weighted by Crippen LogP contribution is -2.45. The Morgan fingerprint density at radius 3 is 1.91 bits per heavy atom. The second-order valence-electron chi connectivity index (χ2n) is 5.90. The lowest BCUT2D eigenvalue weighted by atomic mass is 10.2. The molecule has 0 saturated carbocycles. The molecule has 0 bridgehead atoms. The number of thioether (sulfide) groups is 1. The van der Waals surface area contributed by atoms with Crippen molar-refractivity contribution in [2.45, 2.75) is 63.8 Å². The van der Waals surface area contributed by atoms with Gasteiger partial charge < -0.3 is 10.2 Å². The zero-order valence-corrected chi connectivity index (χ0v) is 15.0. The molecule has 1 N–H and O–H groups in total. The number of amides is 2. The predicted molar refractivity (Wildman–Crippen MR) is 93.2 cm³/mol. The maximum absolute atomic E-state index is 12.6. The zero-order valence-electron chi connectivity index (χ0n) is 14.2. The summed E-state index contributed by atoms with van der Waals surface area (Å²) in [6.07, 6.45) is 0. The third-order valence-electron chi connectivity index (χ3n) is 3.20. The first kappa shape index (κ1) is 18.6. The monoisotopic (exact) mass is 322 g/mol. The highest BCUT2D eigenvalue weighted by atomic mass is 32.2. The number of nitrogens with one attached hydrogen (secondary N) is 1. The van der Waals surface area contributed by atoms with Gasteiger partial charge in [-0.1, -0.05) is 0 Å². The molecule has 0 aromatic heterocycles. The van der Waals surface area contributed by atoms with Crippen molar-refractivity contribution in [3.05, 3.63) is 24.3 Å². The summed E-state index contributed by atoms with van der Waals surface area (Å²) >= 11 is 1.54. The second-order valence-corrected chi connectivity index (χ2v) is 7.31. The quantitative estimate of drug-likeness (QED) is 0.811. The second kappa shape index (κ2) is 8.22. The van der Waals surface area contributed by atoms with Crippen molar-refractivity contribution in [1.29, 1.82) is 0 Å². The fourth-order valence-corrected chi connectivity index (χ4v) is 3.31. The highest BCUT2D eigenvalue weighted by Crippen LogP contribution is 2.27. The first-order valence-electron chi connectivity index (χ1n) is 7.58. The molecule has 1 rings (SSSR count). The minimum atomic E-state index is -0.142. The van der Waals surface area contributed by atoms with E-state index in [1.807, 2.05) is 63.8 Å². The lowest BCUT2D eigenvalue weighted by molar-refractivity contribution is -0.133. The molecule has 0 heterocycles. The third-order valence-corrected chi connectivity index (χ3v) is 4.30. The Bertz CT molecular complexity index is 504. The number of rotatable bonds is 6. The van der Waals surface area contributed by atoms with Crippen LogP contribution in [0.5, 0.6) is 0 Å². The molecule has 2 amide bonds. The minimum Gasteiger partial charge on any atom is -0.337 e. The van der Waals surface area contributed by atoms with Gasteiger partial charge in [-0.3, -0.25) is 9.59 Å². The fourth-order valence-electron chi connectivity index (χ4n) is 2.39. The van der Waals surface area contributed by atoms with Gasteiger partial charge in [-0.15, -0.1) is 11.8 Å². The molecule has 0 radical (unpaired) electrons. The van der Waals surface area contributed by atoms with Crippen LogP contribution in [-0.2, 0) is 9.59 Å². The van der Waals surface area contributed by atoms with Gasteiger partial charge in [0.1, 0.15) is 0 Å². The summed E-state index contributed by atoms with van der Waals surface area (Å²) in [5.74, 6) is 0.0643. The Labute approximate surface area is 137 Å². The van der Waals surface area contributed by atoms with Crippen molar-refractivity contribution in [1.82, 2.24) is 4.90 Å². The molecule has 0 spiro atoms. The smallest absolute Gasteiger partial charge is 0.236 e. The van der Waals surface area contributed by atoms with Crippen molar-refractivity contribution in [3.63, 3.8) is 0 Å². The van der Waals surface area contributed by atoms with Crippen molar-refractivity contribution in [2.24, 2.45) is 0 Å². The van der Waals surface area contributed by atoms with Gasteiger partial charge in [0.25, 0.3) is 0 Å². The zero-order chi connectivity index (χ0) is 16.9. The number of nitrogens with zero attached hydrogens (tertiary/aromatic N) is 1. The van der Waals surface area contributed by atoms with Gasteiger partial charge in [-0.25, -0.2) is 0 Å². The summed E-state index contributed by atoms with van der Waals surface area (Å²) in [4.78, 5) is 26.5. The van der Waals surface area contributed by atoms with Crippen molar-refractivity contribution in [3.8, 4) is 0 Å². The molecule has 0 fully saturated rings. The van der Waals surface area contributed by atoms with Crippen molar-refractivity contribution >= 4 is 29.3 Å². The van der Waals surface area contributed by atoms with Crippen LogP contribution in [0, 0.1) is 0 Å². The van der Waals surface area contributed by atoms with Gasteiger partial charge in [0.05, 0.1) is 5.25 Å². The molecule has 0 aliphatic carbocycles. The molecule has 5 heteroatoms. The molecule has 22 heavy (non-hydrogen) atoms. The van der Waals surface area contributed by atoms with Crippen LogP contribution in [0.25, 0.3) is 0 Å². The van der Waals surface area contributed by atoms with Gasteiger partial charge in [-0.05, 0) is 58.9 Å². The molecule has 0 aliphatic heterocycles. The number of benzene rings is 1.